The number of aromatic nitrogens is 3. The third kappa shape index (κ3) is 3.04. The normalized spacial score (nSPS) is 12.0. The highest BCUT2D eigenvalue weighted by atomic mass is 19.4. The van der Waals surface area contributed by atoms with E-state index in [0.29, 0.717) is 5.56 Å². The summed E-state index contributed by atoms with van der Waals surface area (Å²) < 4.78 is 42.8. The van der Waals surface area contributed by atoms with Crippen LogP contribution in [0.5, 0.6) is 0 Å². The maximum absolute atomic E-state index is 13.5. The Morgan fingerprint density at radius 3 is 2.54 bits per heavy atom. The highest BCUT2D eigenvalue weighted by Crippen LogP contribution is 2.36. The van der Waals surface area contributed by atoms with Gasteiger partial charge in [-0.2, -0.15) is 13.2 Å². The number of rotatable bonds is 4. The summed E-state index contributed by atoms with van der Waals surface area (Å²) in [5.41, 5.74) is 2.86. The molecule has 0 aliphatic carbocycles. The molecule has 0 aliphatic rings. The van der Waals surface area contributed by atoms with Gasteiger partial charge in [0.2, 0.25) is 0 Å². The van der Waals surface area contributed by atoms with E-state index in [1.165, 1.54) is 17.0 Å². The third-order valence-electron chi connectivity index (χ3n) is 3.99. The Hall–Kier alpha value is -2.85. The zero-order valence-corrected chi connectivity index (χ0v) is 13.4. The molecule has 0 aliphatic heterocycles. The van der Waals surface area contributed by atoms with Gasteiger partial charge in [0.05, 0.1) is 28.9 Å². The van der Waals surface area contributed by atoms with E-state index in [1.54, 1.807) is 6.07 Å². The predicted octanol–water partition coefficient (Wildman–Crippen LogP) is 0.950. The standard InChI is InChI=1S/C16H15F3N4O3/c17-16(18,19)10-5-11-13(23(3-4-24)15(26)14(25)21-11)6-12(10)22-2-1-9(7-20)8-22/h1-2,5-6,8,24H,3-4,7,20H2,(H,21,25). The molecule has 138 valence electrons. The first-order valence-corrected chi connectivity index (χ1v) is 7.62. The lowest BCUT2D eigenvalue weighted by molar-refractivity contribution is -0.137. The summed E-state index contributed by atoms with van der Waals surface area (Å²) in [6, 6.07) is 3.52. The number of hydrogen-bond acceptors (Lipinski definition) is 4. The van der Waals surface area contributed by atoms with Gasteiger partial charge in [-0.3, -0.25) is 14.2 Å². The molecule has 2 heterocycles. The van der Waals surface area contributed by atoms with E-state index in [-0.39, 0.29) is 29.8 Å². The molecule has 26 heavy (non-hydrogen) atoms. The second kappa shape index (κ2) is 6.46. The molecule has 0 unspecified atom stereocenters. The minimum atomic E-state index is -4.69. The molecule has 2 aromatic heterocycles. The summed E-state index contributed by atoms with van der Waals surface area (Å²) in [4.78, 5) is 25.9. The van der Waals surface area contributed by atoms with Crippen LogP contribution in [0.25, 0.3) is 16.7 Å². The number of nitrogens with zero attached hydrogens (tertiary/aromatic N) is 2. The van der Waals surface area contributed by atoms with Crippen LogP contribution in [0, 0.1) is 0 Å². The van der Waals surface area contributed by atoms with Crippen molar-refractivity contribution in [3.8, 4) is 5.69 Å². The minimum absolute atomic E-state index is 0.0784. The highest BCUT2D eigenvalue weighted by molar-refractivity contribution is 5.79. The molecule has 3 rings (SSSR count). The summed E-state index contributed by atoms with van der Waals surface area (Å²) in [6.45, 7) is -0.510. The van der Waals surface area contributed by atoms with Crippen LogP contribution in [0.4, 0.5) is 13.2 Å². The number of alkyl halides is 3. The second-order valence-corrected chi connectivity index (χ2v) is 5.65. The van der Waals surface area contributed by atoms with E-state index in [0.717, 1.165) is 16.7 Å². The first-order valence-electron chi connectivity index (χ1n) is 7.62. The number of halogens is 3. The molecule has 7 nitrogen and oxygen atoms in total. The maximum Gasteiger partial charge on any atom is 0.418 e. The number of nitrogens with one attached hydrogen (secondary N) is 1. The second-order valence-electron chi connectivity index (χ2n) is 5.65. The average molecular weight is 368 g/mol. The molecular weight excluding hydrogens is 353 g/mol. The Bertz CT molecular complexity index is 1080. The molecule has 0 fully saturated rings. The number of benzene rings is 1. The molecule has 0 saturated carbocycles. The maximum atomic E-state index is 13.5. The monoisotopic (exact) mass is 368 g/mol. The van der Waals surface area contributed by atoms with E-state index in [9.17, 15) is 22.8 Å². The van der Waals surface area contributed by atoms with Crippen molar-refractivity contribution in [1.82, 2.24) is 14.1 Å². The van der Waals surface area contributed by atoms with Gasteiger partial charge >= 0.3 is 17.3 Å². The van der Waals surface area contributed by atoms with E-state index in [1.807, 2.05) is 0 Å². The van der Waals surface area contributed by atoms with Gasteiger partial charge in [-0.15, -0.1) is 0 Å². The van der Waals surface area contributed by atoms with Gasteiger partial charge in [-0.05, 0) is 23.8 Å². The van der Waals surface area contributed by atoms with E-state index < -0.39 is 29.5 Å². The van der Waals surface area contributed by atoms with Gasteiger partial charge in [0.1, 0.15) is 0 Å². The lowest BCUT2D eigenvalue weighted by Gasteiger charge is -2.17. The number of hydrogen-bond donors (Lipinski definition) is 3. The lowest BCUT2D eigenvalue weighted by atomic mass is 10.1. The fourth-order valence-corrected chi connectivity index (χ4v) is 2.78. The van der Waals surface area contributed by atoms with Crippen molar-refractivity contribution < 1.29 is 18.3 Å². The minimum Gasteiger partial charge on any atom is -0.395 e. The Kier molecular flexibility index (Phi) is 4.46. The van der Waals surface area contributed by atoms with Crippen molar-refractivity contribution in [2.24, 2.45) is 5.73 Å². The van der Waals surface area contributed by atoms with Crippen molar-refractivity contribution in [3.63, 3.8) is 0 Å². The van der Waals surface area contributed by atoms with E-state index >= 15 is 0 Å². The third-order valence-corrected chi connectivity index (χ3v) is 3.99. The van der Waals surface area contributed by atoms with E-state index in [2.05, 4.69) is 4.98 Å². The first-order chi connectivity index (χ1) is 12.3. The van der Waals surface area contributed by atoms with Gasteiger partial charge in [0.25, 0.3) is 0 Å². The smallest absolute Gasteiger partial charge is 0.395 e. The number of aliphatic hydroxyl groups excluding tert-OH is 1. The van der Waals surface area contributed by atoms with Crippen LogP contribution in [0.1, 0.15) is 11.1 Å². The molecule has 10 heteroatoms. The van der Waals surface area contributed by atoms with Crippen LogP contribution in [-0.2, 0) is 19.3 Å². The molecule has 0 radical (unpaired) electrons. The molecule has 1 aromatic carbocycles. The Morgan fingerprint density at radius 2 is 1.96 bits per heavy atom. The van der Waals surface area contributed by atoms with Gasteiger partial charge in [0.15, 0.2) is 0 Å². The molecular formula is C16H15F3N4O3. The van der Waals surface area contributed by atoms with Crippen molar-refractivity contribution in [2.75, 3.05) is 6.61 Å². The van der Waals surface area contributed by atoms with Crippen LogP contribution in [-0.4, -0.2) is 25.8 Å². The molecule has 3 aromatic rings. The van der Waals surface area contributed by atoms with E-state index in [4.69, 9.17) is 10.8 Å². The summed E-state index contributed by atoms with van der Waals surface area (Å²) in [5, 5.41) is 9.13. The molecule has 4 N–H and O–H groups in total. The van der Waals surface area contributed by atoms with Crippen molar-refractivity contribution in [1.29, 1.82) is 0 Å². The van der Waals surface area contributed by atoms with Crippen molar-refractivity contribution in [3.05, 3.63) is 62.4 Å². The summed E-state index contributed by atoms with van der Waals surface area (Å²) in [7, 11) is 0. The topological polar surface area (TPSA) is 106 Å². The fraction of sp³-hybridized carbons (Fsp3) is 0.250. The van der Waals surface area contributed by atoms with Crippen molar-refractivity contribution >= 4 is 11.0 Å². The van der Waals surface area contributed by atoms with Gasteiger partial charge in [-0.1, -0.05) is 0 Å². The molecule has 0 atom stereocenters. The predicted molar refractivity (Wildman–Crippen MR) is 88.1 cm³/mol. The number of aromatic amines is 1. The SMILES string of the molecule is NCc1ccn(-c2cc3c(cc2C(F)(F)F)[nH]c(=O)c(=O)n3CCO)c1. The number of nitrogens with two attached hydrogens (primary N) is 1. The molecule has 0 amide bonds. The number of H-pyrrole nitrogens is 1. The van der Waals surface area contributed by atoms with Crippen LogP contribution < -0.4 is 16.9 Å². The van der Waals surface area contributed by atoms with Gasteiger partial charge in [-0.25, -0.2) is 0 Å². The zero-order valence-electron chi connectivity index (χ0n) is 13.4. The first kappa shape index (κ1) is 18.0. The summed E-state index contributed by atoms with van der Waals surface area (Å²) in [5.74, 6) is 0. The zero-order chi connectivity index (χ0) is 19.1. The number of aliphatic hydroxyl groups is 1. The Labute approximate surface area is 144 Å². The summed E-state index contributed by atoms with van der Waals surface area (Å²) in [6.07, 6.45) is -1.80. The molecule has 0 bridgehead atoms. The largest absolute Gasteiger partial charge is 0.418 e. The van der Waals surface area contributed by atoms with Crippen LogP contribution in [0.15, 0.2) is 40.2 Å². The van der Waals surface area contributed by atoms with Crippen LogP contribution >= 0.6 is 0 Å². The van der Waals surface area contributed by atoms with Crippen molar-refractivity contribution in [2.45, 2.75) is 19.3 Å². The van der Waals surface area contributed by atoms with Crippen LogP contribution in [0.3, 0.4) is 0 Å². The molecule has 0 spiro atoms. The quantitative estimate of drug-likeness (QED) is 0.596. The van der Waals surface area contributed by atoms with Gasteiger partial charge in [0, 0.05) is 25.5 Å². The van der Waals surface area contributed by atoms with Gasteiger partial charge < -0.3 is 20.4 Å². The highest BCUT2D eigenvalue weighted by Gasteiger charge is 2.35. The molecule has 0 saturated heterocycles. The van der Waals surface area contributed by atoms with Crippen LogP contribution in [0.2, 0.25) is 0 Å². The fourth-order valence-electron chi connectivity index (χ4n) is 2.78. The Balaban J connectivity index is 2.41. The summed E-state index contributed by atoms with van der Waals surface area (Å²) >= 11 is 0. The Morgan fingerprint density at radius 1 is 1.23 bits per heavy atom. The average Bonchev–Trinajstić information content (AvgIpc) is 3.06. The number of fused-ring (bicyclic) bond motifs is 1. The lowest BCUT2D eigenvalue weighted by Crippen LogP contribution is -2.37.